The Labute approximate surface area is 154 Å². The van der Waals surface area contributed by atoms with Crippen molar-refractivity contribution in [3.8, 4) is 5.75 Å². The number of hydrogen-bond acceptors (Lipinski definition) is 3. The second-order valence-electron chi connectivity index (χ2n) is 6.21. The van der Waals surface area contributed by atoms with Crippen LogP contribution in [0, 0.1) is 0 Å². The summed E-state index contributed by atoms with van der Waals surface area (Å²) >= 11 is 0. The fourth-order valence-corrected chi connectivity index (χ4v) is 2.96. The number of carbonyl (C=O) groups is 2. The van der Waals surface area contributed by atoms with Crippen molar-refractivity contribution in [2.24, 2.45) is 5.73 Å². The molecule has 2 aromatic rings. The summed E-state index contributed by atoms with van der Waals surface area (Å²) in [5.74, 6) is -0.0356. The lowest BCUT2D eigenvalue weighted by Gasteiger charge is -2.16. The van der Waals surface area contributed by atoms with E-state index in [1.54, 1.807) is 7.11 Å². The van der Waals surface area contributed by atoms with Crippen molar-refractivity contribution in [3.63, 3.8) is 0 Å². The van der Waals surface area contributed by atoms with Gasteiger partial charge in [0, 0.05) is 17.7 Å². The normalized spacial score (nSPS) is 11.6. The Morgan fingerprint density at radius 3 is 2.38 bits per heavy atom. The molecule has 5 heteroatoms. The number of hydrogen-bond donors (Lipinski definition) is 2. The molecule has 2 rings (SSSR count). The number of anilines is 1. The molecule has 0 spiro atoms. The molecule has 26 heavy (non-hydrogen) atoms. The molecule has 0 radical (unpaired) electrons. The van der Waals surface area contributed by atoms with Gasteiger partial charge in [-0.25, -0.2) is 0 Å². The molecule has 0 aliphatic heterocycles. The minimum absolute atomic E-state index is 0.00683. The van der Waals surface area contributed by atoms with Crippen LogP contribution in [0.3, 0.4) is 0 Å². The van der Waals surface area contributed by atoms with Crippen LogP contribution in [-0.2, 0) is 9.59 Å². The number of methoxy groups -OCH3 is 1. The van der Waals surface area contributed by atoms with Crippen molar-refractivity contribution in [3.05, 3.63) is 60.2 Å². The summed E-state index contributed by atoms with van der Waals surface area (Å²) in [7, 11) is 1.59. The predicted molar refractivity (Wildman–Crippen MR) is 103 cm³/mol. The van der Waals surface area contributed by atoms with Gasteiger partial charge in [0.05, 0.1) is 13.0 Å². The Morgan fingerprint density at radius 2 is 1.69 bits per heavy atom. The first kappa shape index (κ1) is 19.5. The van der Waals surface area contributed by atoms with E-state index in [-0.39, 0.29) is 17.7 Å². The quantitative estimate of drug-likeness (QED) is 0.636. The van der Waals surface area contributed by atoms with Crippen LogP contribution in [0.1, 0.15) is 43.6 Å². The van der Waals surface area contributed by atoms with Crippen LogP contribution in [0.15, 0.2) is 54.6 Å². The average Bonchev–Trinajstić information content (AvgIpc) is 2.65. The molecular weight excluding hydrogens is 328 g/mol. The third kappa shape index (κ3) is 5.92. The van der Waals surface area contributed by atoms with Crippen LogP contribution < -0.4 is 15.8 Å². The van der Waals surface area contributed by atoms with E-state index in [4.69, 9.17) is 10.5 Å². The Bertz CT molecular complexity index is 716. The molecule has 0 fully saturated rings. The molecule has 0 heterocycles. The number of ether oxygens (including phenoxy) is 1. The minimum Gasteiger partial charge on any atom is -0.496 e. The summed E-state index contributed by atoms with van der Waals surface area (Å²) in [5, 5.41) is 2.87. The molecule has 0 saturated heterocycles. The molecule has 5 nitrogen and oxygen atoms in total. The first-order valence-corrected chi connectivity index (χ1v) is 8.89. The van der Waals surface area contributed by atoms with Crippen LogP contribution in [-0.4, -0.2) is 18.9 Å². The lowest BCUT2D eigenvalue weighted by Crippen LogP contribution is -2.22. The monoisotopic (exact) mass is 354 g/mol. The predicted octanol–water partition coefficient (Wildman–Crippen LogP) is 3.85. The van der Waals surface area contributed by atoms with Crippen LogP contribution >= 0.6 is 0 Å². The standard InChI is InChI=1S/C21H26N2O3/c1-26-19-14-9-8-12-17(19)18(21(22)25)13-6-3-7-15-20(24)23-16-10-4-2-5-11-16/h2,4-5,8-12,14,18H,3,6-7,13,15H2,1H3,(H2,22,25)(H,23,24). The molecule has 3 N–H and O–H groups in total. The van der Waals surface area contributed by atoms with E-state index >= 15 is 0 Å². The number of nitrogens with two attached hydrogens (primary N) is 1. The van der Waals surface area contributed by atoms with Gasteiger partial charge in [-0.05, 0) is 31.0 Å². The molecule has 0 aliphatic carbocycles. The van der Waals surface area contributed by atoms with E-state index in [9.17, 15) is 9.59 Å². The molecular formula is C21H26N2O3. The zero-order valence-electron chi connectivity index (χ0n) is 15.1. The van der Waals surface area contributed by atoms with Crippen molar-refractivity contribution >= 4 is 17.5 Å². The number of benzene rings is 2. The molecule has 0 saturated carbocycles. The van der Waals surface area contributed by atoms with Gasteiger partial charge in [-0.2, -0.15) is 0 Å². The van der Waals surface area contributed by atoms with E-state index in [1.165, 1.54) is 0 Å². The Hall–Kier alpha value is -2.82. The zero-order valence-corrected chi connectivity index (χ0v) is 15.1. The number of nitrogens with one attached hydrogen (secondary N) is 1. The highest BCUT2D eigenvalue weighted by atomic mass is 16.5. The molecule has 138 valence electrons. The topological polar surface area (TPSA) is 81.4 Å². The van der Waals surface area contributed by atoms with Gasteiger partial charge in [-0.1, -0.05) is 49.2 Å². The average molecular weight is 354 g/mol. The maximum Gasteiger partial charge on any atom is 0.225 e. The summed E-state index contributed by atoms with van der Waals surface area (Å²) < 4.78 is 5.33. The first-order chi connectivity index (χ1) is 12.6. The third-order valence-electron chi connectivity index (χ3n) is 4.31. The number of carbonyl (C=O) groups excluding carboxylic acids is 2. The largest absolute Gasteiger partial charge is 0.496 e. The third-order valence-corrected chi connectivity index (χ3v) is 4.31. The SMILES string of the molecule is COc1ccccc1C(CCCCCC(=O)Nc1ccccc1)C(N)=O. The van der Waals surface area contributed by atoms with Crippen molar-refractivity contribution in [1.82, 2.24) is 0 Å². The van der Waals surface area contributed by atoms with Gasteiger partial charge in [-0.15, -0.1) is 0 Å². The van der Waals surface area contributed by atoms with Gasteiger partial charge >= 0.3 is 0 Å². The van der Waals surface area contributed by atoms with Gasteiger partial charge in [0.2, 0.25) is 11.8 Å². The summed E-state index contributed by atoms with van der Waals surface area (Å²) in [6.45, 7) is 0. The van der Waals surface area contributed by atoms with Crippen molar-refractivity contribution in [1.29, 1.82) is 0 Å². The van der Waals surface area contributed by atoms with Gasteiger partial charge in [0.25, 0.3) is 0 Å². The fraction of sp³-hybridized carbons (Fsp3) is 0.333. The van der Waals surface area contributed by atoms with Crippen LogP contribution in [0.5, 0.6) is 5.75 Å². The van der Waals surface area contributed by atoms with Crippen LogP contribution in [0.4, 0.5) is 5.69 Å². The fourth-order valence-electron chi connectivity index (χ4n) is 2.96. The first-order valence-electron chi connectivity index (χ1n) is 8.89. The van der Waals surface area contributed by atoms with E-state index in [1.807, 2.05) is 54.6 Å². The van der Waals surface area contributed by atoms with E-state index < -0.39 is 0 Å². The van der Waals surface area contributed by atoms with Crippen molar-refractivity contribution in [2.45, 2.75) is 38.0 Å². The smallest absolute Gasteiger partial charge is 0.225 e. The molecule has 0 bridgehead atoms. The summed E-state index contributed by atoms with van der Waals surface area (Å²) in [5.41, 5.74) is 7.21. The van der Waals surface area contributed by atoms with E-state index in [0.717, 1.165) is 30.5 Å². The highest BCUT2D eigenvalue weighted by molar-refractivity contribution is 5.90. The summed E-state index contributed by atoms with van der Waals surface area (Å²) in [6, 6.07) is 16.9. The van der Waals surface area contributed by atoms with Crippen molar-refractivity contribution < 1.29 is 14.3 Å². The summed E-state index contributed by atoms with van der Waals surface area (Å²) in [4.78, 5) is 23.8. The highest BCUT2D eigenvalue weighted by Gasteiger charge is 2.20. The lowest BCUT2D eigenvalue weighted by molar-refractivity contribution is -0.120. The van der Waals surface area contributed by atoms with E-state index in [0.29, 0.717) is 18.6 Å². The number of para-hydroxylation sites is 2. The second-order valence-corrected chi connectivity index (χ2v) is 6.21. The number of primary amides is 1. The van der Waals surface area contributed by atoms with E-state index in [2.05, 4.69) is 5.32 Å². The highest BCUT2D eigenvalue weighted by Crippen LogP contribution is 2.30. The Balaban J connectivity index is 1.76. The number of amides is 2. The van der Waals surface area contributed by atoms with Gasteiger partial charge in [0.15, 0.2) is 0 Å². The second kappa shape index (κ2) is 10.2. The van der Waals surface area contributed by atoms with Crippen LogP contribution in [0.25, 0.3) is 0 Å². The molecule has 2 aromatic carbocycles. The lowest BCUT2D eigenvalue weighted by atomic mass is 9.91. The Kier molecular flexibility index (Phi) is 7.68. The van der Waals surface area contributed by atoms with Crippen LogP contribution in [0.2, 0.25) is 0 Å². The molecule has 1 atom stereocenters. The van der Waals surface area contributed by atoms with Crippen molar-refractivity contribution in [2.75, 3.05) is 12.4 Å². The number of unbranched alkanes of at least 4 members (excludes halogenated alkanes) is 2. The number of rotatable bonds is 10. The van der Waals surface area contributed by atoms with Gasteiger partial charge < -0.3 is 15.8 Å². The maximum atomic E-state index is 11.9. The zero-order chi connectivity index (χ0) is 18.8. The molecule has 0 aliphatic rings. The Morgan fingerprint density at radius 1 is 1.00 bits per heavy atom. The summed E-state index contributed by atoms with van der Waals surface area (Å²) in [6.07, 6.45) is 3.57. The van der Waals surface area contributed by atoms with Gasteiger partial charge in [0.1, 0.15) is 5.75 Å². The van der Waals surface area contributed by atoms with Gasteiger partial charge in [-0.3, -0.25) is 9.59 Å². The molecule has 0 aromatic heterocycles. The molecule has 2 amide bonds. The maximum absolute atomic E-state index is 11.9. The molecule has 1 unspecified atom stereocenters. The minimum atomic E-state index is -0.371.